The van der Waals surface area contributed by atoms with E-state index in [0.29, 0.717) is 12.5 Å². The predicted molar refractivity (Wildman–Crippen MR) is 87.5 cm³/mol. The number of methoxy groups -OCH3 is 1. The minimum atomic E-state index is 0.103. The van der Waals surface area contributed by atoms with E-state index in [9.17, 15) is 4.79 Å². The van der Waals surface area contributed by atoms with Crippen LogP contribution in [0.1, 0.15) is 34.3 Å². The summed E-state index contributed by atoms with van der Waals surface area (Å²) < 4.78 is 9.28. The number of ether oxygens (including phenoxy) is 1. The lowest BCUT2D eigenvalue weighted by atomic mass is 10.1. The molecule has 2 aromatic heterocycles. The molecule has 1 aliphatic heterocycles. The molecule has 0 aliphatic carbocycles. The molecule has 1 saturated heterocycles. The molecule has 0 N–H and O–H groups in total. The lowest BCUT2D eigenvalue weighted by molar-refractivity contribution is 0.0781. The fourth-order valence-electron chi connectivity index (χ4n) is 3.28. The SMILES string of the molecule is COCCn1c(C)cnc1C1CCN(C(=O)c2cccn2C)C1. The van der Waals surface area contributed by atoms with Crippen LogP contribution >= 0.6 is 0 Å². The number of aromatic nitrogens is 3. The molecule has 0 saturated carbocycles. The van der Waals surface area contributed by atoms with Crippen molar-refractivity contribution in [2.75, 3.05) is 26.8 Å². The summed E-state index contributed by atoms with van der Waals surface area (Å²) in [6, 6.07) is 3.78. The second-order valence-corrected chi connectivity index (χ2v) is 6.14. The van der Waals surface area contributed by atoms with Gasteiger partial charge in [0, 0.05) is 57.8 Å². The van der Waals surface area contributed by atoms with Crippen LogP contribution in [-0.4, -0.2) is 51.7 Å². The molecule has 3 heterocycles. The highest BCUT2D eigenvalue weighted by Crippen LogP contribution is 2.28. The maximum atomic E-state index is 12.6. The summed E-state index contributed by atoms with van der Waals surface area (Å²) in [6.07, 6.45) is 4.77. The summed E-state index contributed by atoms with van der Waals surface area (Å²) in [6.45, 7) is 5.05. The van der Waals surface area contributed by atoms with E-state index in [0.717, 1.165) is 43.3 Å². The van der Waals surface area contributed by atoms with Crippen molar-refractivity contribution in [3.8, 4) is 0 Å². The highest BCUT2D eigenvalue weighted by Gasteiger charge is 2.31. The van der Waals surface area contributed by atoms with E-state index in [1.165, 1.54) is 0 Å². The molecule has 23 heavy (non-hydrogen) atoms. The molecule has 124 valence electrons. The van der Waals surface area contributed by atoms with E-state index in [4.69, 9.17) is 4.74 Å². The van der Waals surface area contributed by atoms with Crippen LogP contribution in [0.25, 0.3) is 0 Å². The van der Waals surface area contributed by atoms with Crippen molar-refractivity contribution >= 4 is 5.91 Å². The molecular formula is C17H24N4O2. The van der Waals surface area contributed by atoms with Crippen molar-refractivity contribution in [1.29, 1.82) is 0 Å². The lowest BCUT2D eigenvalue weighted by Crippen LogP contribution is -2.30. The molecule has 1 unspecified atom stereocenters. The predicted octanol–water partition coefficient (Wildman–Crippen LogP) is 1.81. The van der Waals surface area contributed by atoms with Crippen LogP contribution in [0.3, 0.4) is 0 Å². The molecule has 1 aliphatic rings. The Morgan fingerprint density at radius 3 is 3.00 bits per heavy atom. The Morgan fingerprint density at radius 1 is 1.48 bits per heavy atom. The number of aryl methyl sites for hydroxylation is 2. The van der Waals surface area contributed by atoms with Crippen LogP contribution in [0.4, 0.5) is 0 Å². The highest BCUT2D eigenvalue weighted by atomic mass is 16.5. The Labute approximate surface area is 136 Å². The van der Waals surface area contributed by atoms with Crippen molar-refractivity contribution in [3.63, 3.8) is 0 Å². The molecule has 0 bridgehead atoms. The molecule has 3 rings (SSSR count). The van der Waals surface area contributed by atoms with E-state index < -0.39 is 0 Å². The number of nitrogens with zero attached hydrogens (tertiary/aromatic N) is 4. The lowest BCUT2D eigenvalue weighted by Gasteiger charge is -2.18. The van der Waals surface area contributed by atoms with Gasteiger partial charge in [-0.15, -0.1) is 0 Å². The number of likely N-dealkylation sites (tertiary alicyclic amines) is 1. The van der Waals surface area contributed by atoms with E-state index in [-0.39, 0.29) is 5.91 Å². The summed E-state index contributed by atoms with van der Waals surface area (Å²) in [7, 11) is 3.61. The largest absolute Gasteiger partial charge is 0.383 e. The quantitative estimate of drug-likeness (QED) is 0.845. The van der Waals surface area contributed by atoms with Crippen LogP contribution in [0, 0.1) is 6.92 Å². The first-order valence-corrected chi connectivity index (χ1v) is 8.03. The molecule has 0 spiro atoms. The van der Waals surface area contributed by atoms with Crippen LogP contribution in [0.2, 0.25) is 0 Å². The first kappa shape index (κ1) is 15.8. The molecular weight excluding hydrogens is 292 g/mol. The van der Waals surface area contributed by atoms with Crippen molar-refractivity contribution in [3.05, 3.63) is 41.7 Å². The summed E-state index contributed by atoms with van der Waals surface area (Å²) in [5.74, 6) is 1.47. The third kappa shape index (κ3) is 3.03. The van der Waals surface area contributed by atoms with Gasteiger partial charge in [0.05, 0.1) is 6.61 Å². The molecule has 1 fully saturated rings. The standard InChI is InChI=1S/C17H24N4O2/c1-13-11-18-16(21(13)9-10-23-3)14-6-8-20(12-14)17(22)15-5-4-7-19(15)2/h4-5,7,11,14H,6,8-10,12H2,1-3H3. The van der Waals surface area contributed by atoms with Gasteiger partial charge in [-0.05, 0) is 25.5 Å². The Balaban J connectivity index is 1.73. The maximum absolute atomic E-state index is 12.6. The summed E-state index contributed by atoms with van der Waals surface area (Å²) >= 11 is 0. The normalized spacial score (nSPS) is 17.9. The van der Waals surface area contributed by atoms with Crippen LogP contribution < -0.4 is 0 Å². The van der Waals surface area contributed by atoms with Crippen LogP contribution in [-0.2, 0) is 18.3 Å². The van der Waals surface area contributed by atoms with E-state index in [1.807, 2.05) is 41.0 Å². The molecule has 1 amide bonds. The number of hydrogen-bond acceptors (Lipinski definition) is 3. The summed E-state index contributed by atoms with van der Waals surface area (Å²) in [4.78, 5) is 19.1. The third-order valence-corrected chi connectivity index (χ3v) is 4.61. The number of hydrogen-bond donors (Lipinski definition) is 0. The van der Waals surface area contributed by atoms with Gasteiger partial charge in [-0.1, -0.05) is 0 Å². The molecule has 6 heteroatoms. The molecule has 2 aromatic rings. The zero-order valence-corrected chi connectivity index (χ0v) is 14.0. The van der Waals surface area contributed by atoms with Gasteiger partial charge in [0.15, 0.2) is 0 Å². The molecule has 1 atom stereocenters. The molecule has 6 nitrogen and oxygen atoms in total. The van der Waals surface area contributed by atoms with Crippen LogP contribution in [0.5, 0.6) is 0 Å². The van der Waals surface area contributed by atoms with Gasteiger partial charge in [-0.2, -0.15) is 0 Å². The van der Waals surface area contributed by atoms with Crippen molar-refractivity contribution in [2.24, 2.45) is 7.05 Å². The number of rotatable bonds is 5. The third-order valence-electron chi connectivity index (χ3n) is 4.61. The van der Waals surface area contributed by atoms with Gasteiger partial charge in [0.2, 0.25) is 0 Å². The number of amides is 1. The average Bonchev–Trinajstić information content (AvgIpc) is 3.24. The monoisotopic (exact) mass is 316 g/mol. The smallest absolute Gasteiger partial charge is 0.270 e. The topological polar surface area (TPSA) is 52.3 Å². The van der Waals surface area contributed by atoms with Crippen LogP contribution in [0.15, 0.2) is 24.5 Å². The van der Waals surface area contributed by atoms with Gasteiger partial charge in [-0.25, -0.2) is 4.98 Å². The number of imidazole rings is 1. The van der Waals surface area contributed by atoms with Crippen molar-refractivity contribution < 1.29 is 9.53 Å². The van der Waals surface area contributed by atoms with Gasteiger partial charge < -0.3 is 18.8 Å². The Hall–Kier alpha value is -2.08. The zero-order chi connectivity index (χ0) is 16.4. The van der Waals surface area contributed by atoms with Gasteiger partial charge >= 0.3 is 0 Å². The van der Waals surface area contributed by atoms with Gasteiger partial charge in [0.1, 0.15) is 11.5 Å². The van der Waals surface area contributed by atoms with Gasteiger partial charge in [0.25, 0.3) is 5.91 Å². The van der Waals surface area contributed by atoms with E-state index >= 15 is 0 Å². The summed E-state index contributed by atoms with van der Waals surface area (Å²) in [5, 5.41) is 0. The second-order valence-electron chi connectivity index (χ2n) is 6.14. The van der Waals surface area contributed by atoms with Crippen molar-refractivity contribution in [1.82, 2.24) is 19.0 Å². The number of carbonyl (C=O) groups excluding carboxylic acids is 1. The first-order chi connectivity index (χ1) is 11.1. The van der Waals surface area contributed by atoms with Gasteiger partial charge in [-0.3, -0.25) is 4.79 Å². The maximum Gasteiger partial charge on any atom is 0.270 e. The zero-order valence-electron chi connectivity index (χ0n) is 14.0. The van der Waals surface area contributed by atoms with Crippen molar-refractivity contribution in [2.45, 2.75) is 25.8 Å². The Morgan fingerprint density at radius 2 is 2.30 bits per heavy atom. The Kier molecular flexibility index (Phi) is 4.52. The summed E-state index contributed by atoms with van der Waals surface area (Å²) in [5.41, 5.74) is 1.88. The fourth-order valence-corrected chi connectivity index (χ4v) is 3.28. The minimum absolute atomic E-state index is 0.103. The van der Waals surface area contributed by atoms with E-state index in [1.54, 1.807) is 7.11 Å². The first-order valence-electron chi connectivity index (χ1n) is 8.03. The fraction of sp³-hybridized carbons (Fsp3) is 0.529. The Bertz CT molecular complexity index is 689. The minimum Gasteiger partial charge on any atom is -0.383 e. The average molecular weight is 316 g/mol. The molecule has 0 radical (unpaired) electrons. The highest BCUT2D eigenvalue weighted by molar-refractivity contribution is 5.93. The second kappa shape index (κ2) is 6.58. The number of carbonyl (C=O) groups is 1. The van der Waals surface area contributed by atoms with E-state index in [2.05, 4.69) is 16.5 Å². The molecule has 0 aromatic carbocycles.